The van der Waals surface area contributed by atoms with Gasteiger partial charge in [0, 0.05) is 35.3 Å². The Labute approximate surface area is 212 Å². The molecule has 33 heavy (non-hydrogen) atoms. The fourth-order valence-electron chi connectivity index (χ4n) is 3.47. The number of hydrogen-bond donors (Lipinski definition) is 1. The van der Waals surface area contributed by atoms with E-state index in [1.165, 1.54) is 0 Å². The summed E-state index contributed by atoms with van der Waals surface area (Å²) >= 11 is 11.2. The summed E-state index contributed by atoms with van der Waals surface area (Å²) in [5.41, 5.74) is 3.03. The topological polar surface area (TPSA) is 49.4 Å². The van der Waals surface area contributed by atoms with Crippen LogP contribution >= 0.6 is 39.3 Å². The molecule has 0 saturated carbocycles. The number of nitrogens with one attached hydrogen (secondary N) is 1. The molecule has 2 amide bonds. The van der Waals surface area contributed by atoms with Crippen molar-refractivity contribution in [1.82, 2.24) is 10.2 Å². The molecule has 3 aromatic carbocycles. The van der Waals surface area contributed by atoms with Gasteiger partial charge < -0.3 is 10.2 Å². The summed E-state index contributed by atoms with van der Waals surface area (Å²) in [5.74, 6) is 0.723. The Hall–Kier alpha value is -2.28. The van der Waals surface area contributed by atoms with Gasteiger partial charge >= 0.3 is 0 Å². The zero-order chi connectivity index (χ0) is 23.6. The minimum absolute atomic E-state index is 0.0818. The van der Waals surface area contributed by atoms with E-state index in [1.807, 2.05) is 72.8 Å². The Balaban J connectivity index is 1.80. The Morgan fingerprint density at radius 2 is 1.67 bits per heavy atom. The molecule has 1 atom stereocenters. The van der Waals surface area contributed by atoms with Gasteiger partial charge in [0.25, 0.3) is 0 Å². The van der Waals surface area contributed by atoms with Crippen LogP contribution in [0.5, 0.6) is 0 Å². The van der Waals surface area contributed by atoms with Gasteiger partial charge in [-0.15, -0.1) is 11.8 Å². The second-order valence-corrected chi connectivity index (χ2v) is 9.93. The van der Waals surface area contributed by atoms with Crippen molar-refractivity contribution >= 4 is 51.1 Å². The summed E-state index contributed by atoms with van der Waals surface area (Å²) in [6.07, 6.45) is 0.435. The van der Waals surface area contributed by atoms with Crippen LogP contribution in [0.2, 0.25) is 5.02 Å². The van der Waals surface area contributed by atoms with E-state index in [2.05, 4.69) is 21.2 Å². The van der Waals surface area contributed by atoms with E-state index < -0.39 is 6.04 Å². The number of rotatable bonds is 10. The lowest BCUT2D eigenvalue weighted by Gasteiger charge is -2.31. The molecule has 0 radical (unpaired) electrons. The van der Waals surface area contributed by atoms with Gasteiger partial charge in [0.05, 0.1) is 5.75 Å². The van der Waals surface area contributed by atoms with Crippen LogP contribution < -0.4 is 5.32 Å². The van der Waals surface area contributed by atoms with Gasteiger partial charge in [0.2, 0.25) is 11.8 Å². The van der Waals surface area contributed by atoms with E-state index >= 15 is 0 Å². The predicted octanol–water partition coefficient (Wildman–Crippen LogP) is 5.72. The first-order valence-electron chi connectivity index (χ1n) is 10.6. The standard InChI is InChI=1S/C26H26BrClN2O2S/c1-29-26(32)24(15-19-6-3-2-4-7-19)30(16-21-8-5-9-23(28)14-21)25(31)18-33-17-20-10-12-22(27)13-11-20/h2-14,24H,15-18H2,1H3,(H,29,32)/t24-/m0/s1. The number of amides is 2. The Morgan fingerprint density at radius 1 is 0.970 bits per heavy atom. The van der Waals surface area contributed by atoms with Gasteiger partial charge in [-0.1, -0.05) is 82.1 Å². The molecular formula is C26H26BrClN2O2S. The minimum atomic E-state index is -0.628. The highest BCUT2D eigenvalue weighted by Crippen LogP contribution is 2.20. The smallest absolute Gasteiger partial charge is 0.242 e. The van der Waals surface area contributed by atoms with E-state index in [1.54, 1.807) is 29.8 Å². The molecule has 1 N–H and O–H groups in total. The second kappa shape index (κ2) is 12.8. The number of halogens is 2. The zero-order valence-corrected chi connectivity index (χ0v) is 21.5. The highest BCUT2D eigenvalue weighted by atomic mass is 79.9. The minimum Gasteiger partial charge on any atom is -0.357 e. The van der Waals surface area contributed by atoms with Crippen molar-refractivity contribution in [2.24, 2.45) is 0 Å². The summed E-state index contributed by atoms with van der Waals surface area (Å²) in [6.45, 7) is 0.309. The lowest BCUT2D eigenvalue weighted by atomic mass is 10.0. The van der Waals surface area contributed by atoms with Crippen molar-refractivity contribution in [3.05, 3.63) is 105 Å². The van der Waals surface area contributed by atoms with E-state index in [0.717, 1.165) is 21.2 Å². The van der Waals surface area contributed by atoms with Crippen molar-refractivity contribution in [3.63, 3.8) is 0 Å². The largest absolute Gasteiger partial charge is 0.357 e. The Kier molecular flexibility index (Phi) is 9.85. The van der Waals surface area contributed by atoms with Crippen LogP contribution in [0, 0.1) is 0 Å². The van der Waals surface area contributed by atoms with E-state index in [0.29, 0.717) is 23.7 Å². The molecule has 0 heterocycles. The average molecular weight is 546 g/mol. The van der Waals surface area contributed by atoms with Crippen LogP contribution in [0.3, 0.4) is 0 Å². The van der Waals surface area contributed by atoms with Gasteiger partial charge in [-0.05, 0) is 41.0 Å². The molecule has 3 rings (SSSR count). The molecule has 0 aliphatic heterocycles. The van der Waals surface area contributed by atoms with Crippen molar-refractivity contribution < 1.29 is 9.59 Å². The Morgan fingerprint density at radius 3 is 2.33 bits per heavy atom. The summed E-state index contributed by atoms with van der Waals surface area (Å²) in [6, 6.07) is 24.6. The molecule has 0 saturated heterocycles. The lowest BCUT2D eigenvalue weighted by Crippen LogP contribution is -2.50. The normalized spacial score (nSPS) is 11.6. The second-order valence-electron chi connectivity index (χ2n) is 7.59. The number of nitrogens with zero attached hydrogens (tertiary/aromatic N) is 1. The average Bonchev–Trinajstić information content (AvgIpc) is 2.82. The van der Waals surface area contributed by atoms with Crippen LogP contribution in [-0.4, -0.2) is 35.6 Å². The van der Waals surface area contributed by atoms with Gasteiger partial charge in [-0.3, -0.25) is 9.59 Å². The molecule has 3 aromatic rings. The first kappa shape index (κ1) is 25.3. The molecule has 0 aromatic heterocycles. The van der Waals surface area contributed by atoms with Crippen LogP contribution in [-0.2, 0) is 28.3 Å². The van der Waals surface area contributed by atoms with Crippen LogP contribution in [0.15, 0.2) is 83.3 Å². The quantitative estimate of drug-likeness (QED) is 0.354. The van der Waals surface area contributed by atoms with Crippen molar-refractivity contribution in [2.75, 3.05) is 12.8 Å². The third-order valence-electron chi connectivity index (χ3n) is 5.17. The third kappa shape index (κ3) is 7.91. The van der Waals surface area contributed by atoms with E-state index in [-0.39, 0.29) is 17.6 Å². The van der Waals surface area contributed by atoms with Crippen molar-refractivity contribution in [2.45, 2.75) is 24.8 Å². The summed E-state index contributed by atoms with van der Waals surface area (Å²) in [4.78, 5) is 28.0. The van der Waals surface area contributed by atoms with Gasteiger partial charge in [0.15, 0.2) is 0 Å². The highest BCUT2D eigenvalue weighted by molar-refractivity contribution is 9.10. The number of hydrogen-bond acceptors (Lipinski definition) is 3. The molecule has 0 bridgehead atoms. The molecule has 4 nitrogen and oxygen atoms in total. The first-order chi connectivity index (χ1) is 16.0. The van der Waals surface area contributed by atoms with Crippen LogP contribution in [0.4, 0.5) is 0 Å². The lowest BCUT2D eigenvalue weighted by molar-refractivity contribution is -0.139. The number of carbonyl (C=O) groups excluding carboxylic acids is 2. The molecule has 0 spiro atoms. The molecule has 172 valence electrons. The van der Waals surface area contributed by atoms with Gasteiger partial charge in [-0.25, -0.2) is 0 Å². The molecular weight excluding hydrogens is 520 g/mol. The third-order valence-corrected chi connectivity index (χ3v) is 6.92. The maximum atomic E-state index is 13.4. The van der Waals surface area contributed by atoms with Crippen LogP contribution in [0.25, 0.3) is 0 Å². The highest BCUT2D eigenvalue weighted by Gasteiger charge is 2.29. The monoisotopic (exact) mass is 544 g/mol. The number of thioether (sulfide) groups is 1. The van der Waals surface area contributed by atoms with Crippen molar-refractivity contribution in [1.29, 1.82) is 0 Å². The zero-order valence-electron chi connectivity index (χ0n) is 18.3. The molecule has 0 fully saturated rings. The van der Waals surface area contributed by atoms with Crippen LogP contribution in [0.1, 0.15) is 16.7 Å². The summed E-state index contributed by atoms with van der Waals surface area (Å²) < 4.78 is 1.02. The first-order valence-corrected chi connectivity index (χ1v) is 12.9. The fraction of sp³-hybridized carbons (Fsp3) is 0.231. The summed E-state index contributed by atoms with van der Waals surface area (Å²) in [7, 11) is 1.60. The fourth-order valence-corrected chi connectivity index (χ4v) is 4.82. The Bertz CT molecular complexity index is 1060. The van der Waals surface area contributed by atoms with Gasteiger partial charge in [-0.2, -0.15) is 0 Å². The molecule has 7 heteroatoms. The SMILES string of the molecule is CNC(=O)[C@H](Cc1ccccc1)N(Cc1cccc(Cl)c1)C(=O)CSCc1ccc(Br)cc1. The number of benzene rings is 3. The molecule has 0 unspecified atom stereocenters. The molecule has 0 aliphatic rings. The molecule has 0 aliphatic carbocycles. The maximum Gasteiger partial charge on any atom is 0.242 e. The number of likely N-dealkylation sites (N-methyl/N-ethyl adjacent to an activating group) is 1. The number of carbonyl (C=O) groups is 2. The van der Waals surface area contributed by atoms with E-state index in [4.69, 9.17) is 11.6 Å². The van der Waals surface area contributed by atoms with Gasteiger partial charge in [0.1, 0.15) is 6.04 Å². The summed E-state index contributed by atoms with van der Waals surface area (Å²) in [5, 5.41) is 3.34. The van der Waals surface area contributed by atoms with E-state index in [9.17, 15) is 9.59 Å². The van der Waals surface area contributed by atoms with Crippen molar-refractivity contribution in [3.8, 4) is 0 Å². The predicted molar refractivity (Wildman–Crippen MR) is 140 cm³/mol. The maximum absolute atomic E-state index is 13.4.